The molecular weight excluding hydrogens is 276 g/mol. The van der Waals surface area contributed by atoms with Crippen LogP contribution in [-0.2, 0) is 0 Å². The Balaban J connectivity index is 2.10. The SMILES string of the molecule is CN(C)C(CC1CCCN1)c1cccc(Br)c1. The van der Waals surface area contributed by atoms with Crippen LogP contribution >= 0.6 is 15.9 Å². The summed E-state index contributed by atoms with van der Waals surface area (Å²) in [4.78, 5) is 2.32. The highest BCUT2D eigenvalue weighted by molar-refractivity contribution is 9.10. The first kappa shape index (κ1) is 13.1. The molecule has 17 heavy (non-hydrogen) atoms. The van der Waals surface area contributed by atoms with Crippen LogP contribution in [0.2, 0.25) is 0 Å². The van der Waals surface area contributed by atoms with E-state index in [4.69, 9.17) is 0 Å². The lowest BCUT2D eigenvalue weighted by Crippen LogP contribution is -2.29. The minimum absolute atomic E-state index is 0.503. The molecule has 1 N–H and O–H groups in total. The molecule has 0 bridgehead atoms. The quantitative estimate of drug-likeness (QED) is 0.918. The Kier molecular flexibility index (Phi) is 4.60. The second-order valence-corrected chi connectivity index (χ2v) is 5.98. The first-order valence-electron chi connectivity index (χ1n) is 6.32. The van der Waals surface area contributed by atoms with Gasteiger partial charge in [-0.15, -0.1) is 0 Å². The van der Waals surface area contributed by atoms with Gasteiger partial charge in [0.05, 0.1) is 0 Å². The molecule has 94 valence electrons. The highest BCUT2D eigenvalue weighted by atomic mass is 79.9. The normalized spacial score (nSPS) is 22.0. The fourth-order valence-electron chi connectivity index (χ4n) is 2.59. The number of halogens is 1. The van der Waals surface area contributed by atoms with Crippen LogP contribution in [-0.4, -0.2) is 31.6 Å². The van der Waals surface area contributed by atoms with Gasteiger partial charge < -0.3 is 10.2 Å². The van der Waals surface area contributed by atoms with Crippen molar-refractivity contribution in [2.24, 2.45) is 0 Å². The highest BCUT2D eigenvalue weighted by Gasteiger charge is 2.22. The Hall–Kier alpha value is -0.380. The molecule has 0 aliphatic carbocycles. The highest BCUT2D eigenvalue weighted by Crippen LogP contribution is 2.27. The van der Waals surface area contributed by atoms with Gasteiger partial charge in [0.15, 0.2) is 0 Å². The van der Waals surface area contributed by atoms with Gasteiger partial charge in [0.1, 0.15) is 0 Å². The molecular formula is C14H21BrN2. The number of hydrogen-bond acceptors (Lipinski definition) is 2. The van der Waals surface area contributed by atoms with Gasteiger partial charge in [-0.3, -0.25) is 0 Å². The molecule has 2 rings (SSSR count). The molecule has 3 heteroatoms. The summed E-state index contributed by atoms with van der Waals surface area (Å²) in [6, 6.07) is 9.86. The van der Waals surface area contributed by atoms with E-state index in [9.17, 15) is 0 Å². The van der Waals surface area contributed by atoms with E-state index in [-0.39, 0.29) is 0 Å². The van der Waals surface area contributed by atoms with Crippen molar-refractivity contribution in [1.29, 1.82) is 0 Å². The van der Waals surface area contributed by atoms with Crippen LogP contribution in [0.15, 0.2) is 28.7 Å². The smallest absolute Gasteiger partial charge is 0.0357 e. The molecule has 1 aromatic carbocycles. The molecule has 0 radical (unpaired) electrons. The van der Waals surface area contributed by atoms with Gasteiger partial charge in [0, 0.05) is 16.6 Å². The molecule has 0 spiro atoms. The van der Waals surface area contributed by atoms with Gasteiger partial charge >= 0.3 is 0 Å². The van der Waals surface area contributed by atoms with E-state index in [1.165, 1.54) is 35.8 Å². The molecule has 1 heterocycles. The van der Waals surface area contributed by atoms with Crippen molar-refractivity contribution < 1.29 is 0 Å². The van der Waals surface area contributed by atoms with E-state index in [1.54, 1.807) is 0 Å². The van der Waals surface area contributed by atoms with Crippen LogP contribution in [0.5, 0.6) is 0 Å². The molecule has 1 aliphatic heterocycles. The average molecular weight is 297 g/mol. The molecule has 1 aromatic rings. The third kappa shape index (κ3) is 3.54. The van der Waals surface area contributed by atoms with Crippen molar-refractivity contribution in [2.75, 3.05) is 20.6 Å². The van der Waals surface area contributed by atoms with Crippen molar-refractivity contribution in [1.82, 2.24) is 10.2 Å². The van der Waals surface area contributed by atoms with Crippen molar-refractivity contribution in [3.8, 4) is 0 Å². The summed E-state index contributed by atoms with van der Waals surface area (Å²) < 4.78 is 1.17. The van der Waals surface area contributed by atoms with E-state index in [1.807, 2.05) is 0 Å². The van der Waals surface area contributed by atoms with E-state index in [2.05, 4.69) is 64.5 Å². The zero-order valence-corrected chi connectivity index (χ0v) is 12.2. The average Bonchev–Trinajstić information content (AvgIpc) is 2.78. The summed E-state index contributed by atoms with van der Waals surface area (Å²) in [5.74, 6) is 0. The fraction of sp³-hybridized carbons (Fsp3) is 0.571. The molecule has 2 nitrogen and oxygen atoms in total. The number of benzene rings is 1. The maximum atomic E-state index is 3.59. The number of hydrogen-bond donors (Lipinski definition) is 1. The maximum absolute atomic E-state index is 3.59. The molecule has 2 atom stereocenters. The van der Waals surface area contributed by atoms with Crippen molar-refractivity contribution in [3.05, 3.63) is 34.3 Å². The standard InChI is InChI=1S/C14H21BrN2/c1-17(2)14(10-13-7-4-8-16-13)11-5-3-6-12(15)9-11/h3,5-6,9,13-14,16H,4,7-8,10H2,1-2H3. The molecule has 0 amide bonds. The van der Waals surface area contributed by atoms with Crippen molar-refractivity contribution in [3.63, 3.8) is 0 Å². The minimum Gasteiger partial charge on any atom is -0.314 e. The van der Waals surface area contributed by atoms with Gasteiger partial charge in [-0.25, -0.2) is 0 Å². The number of nitrogens with zero attached hydrogens (tertiary/aromatic N) is 1. The molecule has 1 aliphatic rings. The Bertz CT molecular complexity index is 359. The van der Waals surface area contributed by atoms with Gasteiger partial charge in [0.2, 0.25) is 0 Å². The van der Waals surface area contributed by atoms with Gasteiger partial charge in [-0.1, -0.05) is 28.1 Å². The fourth-order valence-corrected chi connectivity index (χ4v) is 3.00. The van der Waals surface area contributed by atoms with Crippen molar-refractivity contribution in [2.45, 2.75) is 31.3 Å². The van der Waals surface area contributed by atoms with Crippen LogP contribution in [0.3, 0.4) is 0 Å². The van der Waals surface area contributed by atoms with Crippen LogP contribution in [0.4, 0.5) is 0 Å². The van der Waals surface area contributed by atoms with E-state index in [0.29, 0.717) is 12.1 Å². The lowest BCUT2D eigenvalue weighted by atomic mass is 9.97. The van der Waals surface area contributed by atoms with Gasteiger partial charge in [0.25, 0.3) is 0 Å². The summed E-state index contributed by atoms with van der Waals surface area (Å²) >= 11 is 3.56. The lowest BCUT2D eigenvalue weighted by molar-refractivity contribution is 0.262. The number of nitrogens with one attached hydrogen (secondary N) is 1. The zero-order chi connectivity index (χ0) is 12.3. The monoisotopic (exact) mass is 296 g/mol. The minimum atomic E-state index is 0.503. The van der Waals surface area contributed by atoms with E-state index < -0.39 is 0 Å². The van der Waals surface area contributed by atoms with Gasteiger partial charge in [-0.05, 0) is 57.6 Å². The summed E-state index contributed by atoms with van der Waals surface area (Å²) in [5.41, 5.74) is 1.40. The topological polar surface area (TPSA) is 15.3 Å². The van der Waals surface area contributed by atoms with Crippen LogP contribution in [0.1, 0.15) is 30.9 Å². The Labute approximate surface area is 113 Å². The molecule has 1 saturated heterocycles. The van der Waals surface area contributed by atoms with E-state index in [0.717, 1.165) is 0 Å². The third-order valence-corrected chi connectivity index (χ3v) is 4.02. The second-order valence-electron chi connectivity index (χ2n) is 5.06. The third-order valence-electron chi connectivity index (χ3n) is 3.53. The first-order chi connectivity index (χ1) is 8.16. The first-order valence-corrected chi connectivity index (χ1v) is 7.11. The molecule has 0 aromatic heterocycles. The predicted octanol–water partition coefficient (Wildman–Crippen LogP) is 3.19. The summed E-state index contributed by atoms with van der Waals surface area (Å²) in [5, 5.41) is 3.59. The van der Waals surface area contributed by atoms with Crippen LogP contribution in [0, 0.1) is 0 Å². The summed E-state index contributed by atoms with van der Waals surface area (Å²) in [6.45, 7) is 1.18. The van der Waals surface area contributed by atoms with Crippen molar-refractivity contribution >= 4 is 15.9 Å². The Morgan fingerprint density at radius 1 is 1.47 bits per heavy atom. The molecule has 1 fully saturated rings. The summed E-state index contributed by atoms with van der Waals surface area (Å²) in [7, 11) is 4.33. The largest absolute Gasteiger partial charge is 0.314 e. The maximum Gasteiger partial charge on any atom is 0.0357 e. The van der Waals surface area contributed by atoms with Crippen LogP contribution in [0.25, 0.3) is 0 Å². The lowest BCUT2D eigenvalue weighted by Gasteiger charge is -2.27. The molecule has 2 unspecified atom stereocenters. The Morgan fingerprint density at radius 2 is 2.29 bits per heavy atom. The Morgan fingerprint density at radius 3 is 2.88 bits per heavy atom. The second kappa shape index (κ2) is 5.98. The number of rotatable bonds is 4. The van der Waals surface area contributed by atoms with Crippen LogP contribution < -0.4 is 5.32 Å². The van der Waals surface area contributed by atoms with Gasteiger partial charge in [-0.2, -0.15) is 0 Å². The predicted molar refractivity (Wildman–Crippen MR) is 76.2 cm³/mol. The zero-order valence-electron chi connectivity index (χ0n) is 10.6. The summed E-state index contributed by atoms with van der Waals surface area (Å²) in [6.07, 6.45) is 3.84. The molecule has 0 saturated carbocycles. The van der Waals surface area contributed by atoms with E-state index >= 15 is 0 Å².